The van der Waals surface area contributed by atoms with Gasteiger partial charge in [-0.25, -0.2) is 4.79 Å². The highest BCUT2D eigenvalue weighted by Crippen LogP contribution is 2.34. The standard InChI is InChI=1S/C13H12N2O4/c1-15-4-5-18-11-6-8(2-3-10(11)15)9-7-12(13(16)17)19-14-9/h2-3,6-7H,4-5H2,1H3,(H,16,17). The van der Waals surface area contributed by atoms with Gasteiger partial charge in [0.2, 0.25) is 5.76 Å². The number of anilines is 1. The normalized spacial score (nSPS) is 13.8. The van der Waals surface area contributed by atoms with Gasteiger partial charge in [0.05, 0.1) is 12.2 Å². The molecular weight excluding hydrogens is 248 g/mol. The van der Waals surface area contributed by atoms with Gasteiger partial charge in [0.15, 0.2) is 0 Å². The number of fused-ring (bicyclic) bond motifs is 1. The zero-order valence-corrected chi connectivity index (χ0v) is 10.3. The Morgan fingerprint density at radius 1 is 1.42 bits per heavy atom. The number of likely N-dealkylation sites (N-methyl/N-ethyl adjacent to an activating group) is 1. The Morgan fingerprint density at radius 2 is 2.26 bits per heavy atom. The van der Waals surface area contributed by atoms with Crippen molar-refractivity contribution in [2.75, 3.05) is 25.1 Å². The van der Waals surface area contributed by atoms with Crippen LogP contribution in [0.1, 0.15) is 10.6 Å². The average molecular weight is 260 g/mol. The molecule has 3 rings (SSSR count). The molecule has 1 aliphatic heterocycles. The number of hydrogen-bond acceptors (Lipinski definition) is 5. The topological polar surface area (TPSA) is 75.8 Å². The maximum Gasteiger partial charge on any atom is 0.374 e. The summed E-state index contributed by atoms with van der Waals surface area (Å²) in [7, 11) is 2.00. The molecule has 19 heavy (non-hydrogen) atoms. The number of aromatic carboxylic acids is 1. The van der Waals surface area contributed by atoms with Gasteiger partial charge < -0.3 is 19.3 Å². The first-order chi connectivity index (χ1) is 9.15. The Morgan fingerprint density at radius 3 is 3.00 bits per heavy atom. The molecule has 0 fully saturated rings. The van der Waals surface area contributed by atoms with Crippen molar-refractivity contribution in [2.24, 2.45) is 0 Å². The van der Waals surface area contributed by atoms with Crippen LogP contribution in [0, 0.1) is 0 Å². The van der Waals surface area contributed by atoms with Gasteiger partial charge >= 0.3 is 5.97 Å². The number of rotatable bonds is 2. The molecule has 1 aliphatic rings. The molecule has 98 valence electrons. The summed E-state index contributed by atoms with van der Waals surface area (Å²) in [5.41, 5.74) is 2.26. The number of aromatic nitrogens is 1. The maximum atomic E-state index is 10.8. The molecule has 0 amide bonds. The maximum absolute atomic E-state index is 10.8. The highest BCUT2D eigenvalue weighted by atomic mass is 16.5. The predicted octanol–water partition coefficient (Wildman–Crippen LogP) is 1.87. The molecule has 0 unspecified atom stereocenters. The lowest BCUT2D eigenvalue weighted by Gasteiger charge is -2.27. The molecule has 0 atom stereocenters. The van der Waals surface area contributed by atoms with Crippen LogP contribution in [0.3, 0.4) is 0 Å². The van der Waals surface area contributed by atoms with Gasteiger partial charge in [-0.1, -0.05) is 11.2 Å². The number of carboxylic acid groups (broad SMARTS) is 1. The molecule has 0 saturated heterocycles. The lowest BCUT2D eigenvalue weighted by Crippen LogP contribution is -2.28. The van der Waals surface area contributed by atoms with Crippen molar-refractivity contribution in [3.63, 3.8) is 0 Å². The van der Waals surface area contributed by atoms with E-state index in [1.54, 1.807) is 0 Å². The van der Waals surface area contributed by atoms with Crippen molar-refractivity contribution < 1.29 is 19.2 Å². The van der Waals surface area contributed by atoms with Crippen LogP contribution in [-0.2, 0) is 0 Å². The molecule has 0 saturated carbocycles. The third-order valence-corrected chi connectivity index (χ3v) is 3.07. The summed E-state index contributed by atoms with van der Waals surface area (Å²) in [6.07, 6.45) is 0. The smallest absolute Gasteiger partial charge is 0.374 e. The second kappa shape index (κ2) is 4.31. The summed E-state index contributed by atoms with van der Waals surface area (Å²) in [6, 6.07) is 7.04. The first kappa shape index (κ1) is 11.6. The highest BCUT2D eigenvalue weighted by molar-refractivity contribution is 5.86. The van der Waals surface area contributed by atoms with Gasteiger partial charge in [0, 0.05) is 18.7 Å². The average Bonchev–Trinajstić information content (AvgIpc) is 2.88. The van der Waals surface area contributed by atoms with Crippen molar-refractivity contribution in [3.05, 3.63) is 30.0 Å². The second-order valence-electron chi connectivity index (χ2n) is 4.33. The Balaban J connectivity index is 1.99. The van der Waals surface area contributed by atoms with E-state index in [0.29, 0.717) is 12.3 Å². The van der Waals surface area contributed by atoms with Crippen LogP contribution in [0.4, 0.5) is 5.69 Å². The monoisotopic (exact) mass is 260 g/mol. The third-order valence-electron chi connectivity index (χ3n) is 3.07. The number of nitrogens with zero attached hydrogens (tertiary/aromatic N) is 2. The first-order valence-corrected chi connectivity index (χ1v) is 5.83. The fourth-order valence-electron chi connectivity index (χ4n) is 2.03. The van der Waals surface area contributed by atoms with Crippen LogP contribution in [0.5, 0.6) is 5.75 Å². The molecule has 1 aromatic carbocycles. The number of carbonyl (C=O) groups is 1. The Kier molecular flexibility index (Phi) is 2.63. The van der Waals surface area contributed by atoms with Crippen molar-refractivity contribution in [1.82, 2.24) is 5.16 Å². The number of benzene rings is 1. The van der Waals surface area contributed by atoms with Crippen LogP contribution < -0.4 is 9.64 Å². The van der Waals surface area contributed by atoms with E-state index in [1.165, 1.54) is 6.07 Å². The van der Waals surface area contributed by atoms with E-state index in [0.717, 1.165) is 23.5 Å². The minimum absolute atomic E-state index is 0.175. The van der Waals surface area contributed by atoms with Gasteiger partial charge in [-0.3, -0.25) is 0 Å². The Labute approximate surface area is 109 Å². The summed E-state index contributed by atoms with van der Waals surface area (Å²) in [5, 5.41) is 12.6. The Bertz CT molecular complexity index is 635. The SMILES string of the molecule is CN1CCOc2cc(-c3cc(C(=O)O)on3)ccc21. The molecule has 2 heterocycles. The van der Waals surface area contributed by atoms with E-state index in [2.05, 4.69) is 10.1 Å². The largest absolute Gasteiger partial charge is 0.490 e. The first-order valence-electron chi connectivity index (χ1n) is 5.83. The molecule has 2 aromatic rings. The van der Waals surface area contributed by atoms with Crippen LogP contribution >= 0.6 is 0 Å². The molecule has 0 spiro atoms. The zero-order valence-electron chi connectivity index (χ0n) is 10.3. The van der Waals surface area contributed by atoms with Gasteiger partial charge in [-0.05, 0) is 12.1 Å². The second-order valence-corrected chi connectivity index (χ2v) is 4.33. The molecule has 6 heteroatoms. The molecule has 0 aliphatic carbocycles. The highest BCUT2D eigenvalue weighted by Gasteiger charge is 2.17. The summed E-state index contributed by atoms with van der Waals surface area (Å²) in [6.45, 7) is 1.48. The van der Waals surface area contributed by atoms with Crippen LogP contribution in [-0.4, -0.2) is 36.4 Å². The zero-order chi connectivity index (χ0) is 13.4. The molecule has 0 radical (unpaired) electrons. The molecule has 1 aromatic heterocycles. The van der Waals surface area contributed by atoms with Crippen molar-refractivity contribution in [1.29, 1.82) is 0 Å². The minimum Gasteiger partial charge on any atom is -0.490 e. The number of carboxylic acids is 1. The van der Waals surface area contributed by atoms with Crippen LogP contribution in [0.25, 0.3) is 11.3 Å². The van der Waals surface area contributed by atoms with Crippen LogP contribution in [0.2, 0.25) is 0 Å². The lowest BCUT2D eigenvalue weighted by atomic mass is 10.1. The van der Waals surface area contributed by atoms with Crippen LogP contribution in [0.15, 0.2) is 28.8 Å². The summed E-state index contributed by atoms with van der Waals surface area (Å²) < 4.78 is 10.3. The fourth-order valence-corrected chi connectivity index (χ4v) is 2.03. The van der Waals surface area contributed by atoms with Gasteiger partial charge in [-0.2, -0.15) is 0 Å². The van der Waals surface area contributed by atoms with E-state index < -0.39 is 5.97 Å². The number of ether oxygens (including phenoxy) is 1. The molecule has 0 bridgehead atoms. The summed E-state index contributed by atoms with van der Waals surface area (Å²) in [4.78, 5) is 12.9. The van der Waals surface area contributed by atoms with E-state index in [-0.39, 0.29) is 5.76 Å². The van der Waals surface area contributed by atoms with Crippen molar-refractivity contribution >= 4 is 11.7 Å². The van der Waals surface area contributed by atoms with Crippen molar-refractivity contribution in [3.8, 4) is 17.0 Å². The summed E-state index contributed by atoms with van der Waals surface area (Å²) >= 11 is 0. The van der Waals surface area contributed by atoms with Gasteiger partial charge in [0.1, 0.15) is 18.1 Å². The Hall–Kier alpha value is -2.50. The van der Waals surface area contributed by atoms with Gasteiger partial charge in [-0.15, -0.1) is 0 Å². The minimum atomic E-state index is -1.13. The fraction of sp³-hybridized carbons (Fsp3) is 0.231. The lowest BCUT2D eigenvalue weighted by molar-refractivity contribution is 0.0652. The van der Waals surface area contributed by atoms with Gasteiger partial charge in [0.25, 0.3) is 0 Å². The molecule has 1 N–H and O–H groups in total. The molecule has 6 nitrogen and oxygen atoms in total. The van der Waals surface area contributed by atoms with E-state index in [1.807, 2.05) is 25.2 Å². The number of hydrogen-bond donors (Lipinski definition) is 1. The molecular formula is C13H12N2O4. The van der Waals surface area contributed by atoms with Crippen molar-refractivity contribution in [2.45, 2.75) is 0 Å². The quantitative estimate of drug-likeness (QED) is 0.888. The predicted molar refractivity (Wildman–Crippen MR) is 67.7 cm³/mol. The third kappa shape index (κ3) is 2.01. The summed E-state index contributed by atoms with van der Waals surface area (Å²) in [5.74, 6) is -0.537. The van der Waals surface area contributed by atoms with E-state index in [9.17, 15) is 4.79 Å². The van der Waals surface area contributed by atoms with E-state index >= 15 is 0 Å². The van der Waals surface area contributed by atoms with E-state index in [4.69, 9.17) is 14.4 Å².